The van der Waals surface area contributed by atoms with Gasteiger partial charge in [-0.3, -0.25) is 9.59 Å². The minimum Gasteiger partial charge on any atom is -0.339 e. The fourth-order valence-electron chi connectivity index (χ4n) is 3.67. The van der Waals surface area contributed by atoms with Gasteiger partial charge in [-0.25, -0.2) is 0 Å². The van der Waals surface area contributed by atoms with Gasteiger partial charge in [0.1, 0.15) is 0 Å². The Morgan fingerprint density at radius 2 is 1.75 bits per heavy atom. The molecule has 5 heteroatoms. The average molecular weight is 329 g/mol. The second-order valence-corrected chi connectivity index (χ2v) is 6.92. The van der Waals surface area contributed by atoms with Gasteiger partial charge in [0.05, 0.1) is 6.04 Å². The van der Waals surface area contributed by atoms with E-state index in [1.165, 1.54) is 19.3 Å². The van der Waals surface area contributed by atoms with Gasteiger partial charge in [-0.2, -0.15) is 0 Å². The van der Waals surface area contributed by atoms with E-state index in [4.69, 9.17) is 0 Å². The lowest BCUT2D eigenvalue weighted by Gasteiger charge is -2.31. The zero-order valence-electron chi connectivity index (χ0n) is 14.4. The first-order chi connectivity index (χ1) is 11.6. The Hall–Kier alpha value is -1.88. The van der Waals surface area contributed by atoms with Crippen LogP contribution in [0.2, 0.25) is 0 Å². The van der Waals surface area contributed by atoms with Crippen molar-refractivity contribution in [3.05, 3.63) is 29.8 Å². The molecule has 0 bridgehead atoms. The molecule has 1 aliphatic heterocycles. The van der Waals surface area contributed by atoms with Gasteiger partial charge in [-0.15, -0.1) is 0 Å². The fraction of sp³-hybridized carbons (Fsp3) is 0.579. The molecule has 1 saturated carbocycles. The quantitative estimate of drug-likeness (QED) is 0.893. The van der Waals surface area contributed by atoms with Gasteiger partial charge >= 0.3 is 0 Å². The van der Waals surface area contributed by atoms with Gasteiger partial charge in [0.15, 0.2) is 0 Å². The Labute approximate surface area is 143 Å². The summed E-state index contributed by atoms with van der Waals surface area (Å²) >= 11 is 0. The highest BCUT2D eigenvalue weighted by Crippen LogP contribution is 2.23. The topological polar surface area (TPSA) is 61.4 Å². The van der Waals surface area contributed by atoms with E-state index in [0.29, 0.717) is 11.6 Å². The second kappa shape index (κ2) is 7.79. The molecule has 3 rings (SSSR count). The van der Waals surface area contributed by atoms with Crippen molar-refractivity contribution in [1.82, 2.24) is 10.2 Å². The Morgan fingerprint density at radius 1 is 1.04 bits per heavy atom. The summed E-state index contributed by atoms with van der Waals surface area (Å²) < 4.78 is 0. The number of nitrogens with zero attached hydrogens (tertiary/aromatic N) is 1. The van der Waals surface area contributed by atoms with Crippen LogP contribution in [0, 0.1) is 0 Å². The maximum absolute atomic E-state index is 12.6. The number of hydrogen-bond acceptors (Lipinski definition) is 3. The molecular formula is C19H27N3O2. The summed E-state index contributed by atoms with van der Waals surface area (Å²) in [6, 6.07) is 7.50. The Kier molecular flexibility index (Phi) is 5.51. The highest BCUT2D eigenvalue weighted by molar-refractivity contribution is 5.97. The maximum Gasteiger partial charge on any atom is 0.253 e. The zero-order chi connectivity index (χ0) is 16.9. The lowest BCUT2D eigenvalue weighted by Crippen LogP contribution is -2.38. The lowest BCUT2D eigenvalue weighted by atomic mass is 9.94. The van der Waals surface area contributed by atoms with Crippen molar-refractivity contribution in [2.45, 2.75) is 57.0 Å². The molecule has 5 nitrogen and oxygen atoms in total. The molecule has 1 saturated heterocycles. The van der Waals surface area contributed by atoms with E-state index < -0.39 is 0 Å². The first-order valence-electron chi connectivity index (χ1n) is 9.06. The van der Waals surface area contributed by atoms with Gasteiger partial charge in [-0.1, -0.05) is 19.3 Å². The molecule has 2 fully saturated rings. The van der Waals surface area contributed by atoms with Crippen molar-refractivity contribution < 1.29 is 9.59 Å². The van der Waals surface area contributed by atoms with Crippen molar-refractivity contribution in [3.8, 4) is 0 Å². The maximum atomic E-state index is 12.6. The van der Waals surface area contributed by atoms with Crippen molar-refractivity contribution in [2.24, 2.45) is 0 Å². The highest BCUT2D eigenvalue weighted by atomic mass is 16.2. The third kappa shape index (κ3) is 3.96. The summed E-state index contributed by atoms with van der Waals surface area (Å²) in [4.78, 5) is 26.6. The standard InChI is InChI=1S/C19H27N3O2/c1-22(16-6-3-2-4-7-16)19(24)14-9-11-15(12-10-14)21-18(23)17-8-5-13-20-17/h9-12,16-17,20H,2-8,13H2,1H3,(H,21,23). The number of rotatable bonds is 4. The van der Waals surface area contributed by atoms with Crippen molar-refractivity contribution in [1.29, 1.82) is 0 Å². The monoisotopic (exact) mass is 329 g/mol. The molecular weight excluding hydrogens is 302 g/mol. The van der Waals surface area contributed by atoms with E-state index in [9.17, 15) is 9.59 Å². The highest BCUT2D eigenvalue weighted by Gasteiger charge is 2.24. The van der Waals surface area contributed by atoms with E-state index in [1.54, 1.807) is 12.1 Å². The summed E-state index contributed by atoms with van der Waals surface area (Å²) in [6.45, 7) is 0.902. The van der Waals surface area contributed by atoms with Crippen LogP contribution in [0.15, 0.2) is 24.3 Å². The largest absolute Gasteiger partial charge is 0.339 e. The Bertz CT molecular complexity index is 573. The molecule has 1 heterocycles. The minimum absolute atomic E-state index is 0.00546. The van der Waals surface area contributed by atoms with Crippen LogP contribution >= 0.6 is 0 Å². The number of hydrogen-bond donors (Lipinski definition) is 2. The predicted octanol–water partition coefficient (Wildman–Crippen LogP) is 2.78. The van der Waals surface area contributed by atoms with E-state index in [1.807, 2.05) is 24.1 Å². The van der Waals surface area contributed by atoms with Gasteiger partial charge in [-0.05, 0) is 56.5 Å². The number of amides is 2. The fourth-order valence-corrected chi connectivity index (χ4v) is 3.67. The van der Waals surface area contributed by atoms with E-state index >= 15 is 0 Å². The van der Waals surface area contributed by atoms with Gasteiger partial charge in [0.2, 0.25) is 5.91 Å². The molecule has 24 heavy (non-hydrogen) atoms. The van der Waals surface area contributed by atoms with Crippen LogP contribution in [0.25, 0.3) is 0 Å². The van der Waals surface area contributed by atoms with Crippen LogP contribution in [-0.4, -0.2) is 42.4 Å². The number of carbonyl (C=O) groups excluding carboxylic acids is 2. The van der Waals surface area contributed by atoms with Gasteiger partial charge in [0.25, 0.3) is 5.91 Å². The molecule has 2 amide bonds. The van der Waals surface area contributed by atoms with E-state index in [-0.39, 0.29) is 17.9 Å². The minimum atomic E-state index is -0.0938. The van der Waals surface area contributed by atoms with Crippen LogP contribution in [0.5, 0.6) is 0 Å². The molecule has 1 atom stereocenters. The van der Waals surface area contributed by atoms with Crippen molar-refractivity contribution in [3.63, 3.8) is 0 Å². The number of benzene rings is 1. The van der Waals surface area contributed by atoms with E-state index in [0.717, 1.165) is 37.9 Å². The average Bonchev–Trinajstić information content (AvgIpc) is 3.17. The first-order valence-corrected chi connectivity index (χ1v) is 9.06. The number of anilines is 1. The molecule has 1 aromatic carbocycles. The predicted molar refractivity (Wildman–Crippen MR) is 95.1 cm³/mol. The normalized spacial score (nSPS) is 21.5. The molecule has 1 aliphatic carbocycles. The first kappa shape index (κ1) is 17.0. The van der Waals surface area contributed by atoms with Gasteiger partial charge in [0, 0.05) is 24.3 Å². The van der Waals surface area contributed by atoms with E-state index in [2.05, 4.69) is 10.6 Å². The molecule has 130 valence electrons. The Balaban J connectivity index is 1.58. The molecule has 0 radical (unpaired) electrons. The molecule has 2 N–H and O–H groups in total. The van der Waals surface area contributed by atoms with Crippen LogP contribution < -0.4 is 10.6 Å². The number of carbonyl (C=O) groups is 2. The SMILES string of the molecule is CN(C(=O)c1ccc(NC(=O)C2CCCN2)cc1)C1CCCCC1. The zero-order valence-corrected chi connectivity index (χ0v) is 14.4. The second-order valence-electron chi connectivity index (χ2n) is 6.92. The lowest BCUT2D eigenvalue weighted by molar-refractivity contribution is -0.117. The summed E-state index contributed by atoms with van der Waals surface area (Å²) in [7, 11) is 1.90. The Morgan fingerprint density at radius 3 is 2.38 bits per heavy atom. The van der Waals surface area contributed by atoms with Crippen LogP contribution in [0.1, 0.15) is 55.3 Å². The molecule has 2 aliphatic rings. The summed E-state index contributed by atoms with van der Waals surface area (Å²) in [6.07, 6.45) is 7.83. The third-order valence-corrected chi connectivity index (χ3v) is 5.22. The summed E-state index contributed by atoms with van der Waals surface area (Å²) in [5, 5.41) is 6.10. The molecule has 0 spiro atoms. The molecule has 1 unspecified atom stereocenters. The molecule has 0 aromatic heterocycles. The van der Waals surface area contributed by atoms with Crippen LogP contribution in [0.4, 0.5) is 5.69 Å². The number of nitrogens with one attached hydrogen (secondary N) is 2. The van der Waals surface area contributed by atoms with Crippen LogP contribution in [0.3, 0.4) is 0 Å². The van der Waals surface area contributed by atoms with Crippen molar-refractivity contribution >= 4 is 17.5 Å². The summed E-state index contributed by atoms with van der Waals surface area (Å²) in [5.74, 6) is 0.0723. The molecule has 1 aromatic rings. The van der Waals surface area contributed by atoms with Crippen molar-refractivity contribution in [2.75, 3.05) is 18.9 Å². The van der Waals surface area contributed by atoms with Crippen LogP contribution in [-0.2, 0) is 4.79 Å². The third-order valence-electron chi connectivity index (χ3n) is 5.22. The smallest absolute Gasteiger partial charge is 0.253 e. The van der Waals surface area contributed by atoms with Gasteiger partial charge < -0.3 is 15.5 Å². The summed E-state index contributed by atoms with van der Waals surface area (Å²) in [5.41, 5.74) is 1.42.